The first-order valence-electron chi connectivity index (χ1n) is 4.08. The molecule has 0 fully saturated rings. The van der Waals surface area contributed by atoms with Gasteiger partial charge in [0.25, 0.3) is 0 Å². The molecular weight excluding hydrogens is 182 g/mol. The highest BCUT2D eigenvalue weighted by Crippen LogP contribution is 2.28. The lowest BCUT2D eigenvalue weighted by molar-refractivity contribution is 0.322. The molecule has 72 valence electrons. The summed E-state index contributed by atoms with van der Waals surface area (Å²) in [5.41, 5.74) is 1.38. The summed E-state index contributed by atoms with van der Waals surface area (Å²) in [7, 11) is 1.58. The maximum atomic E-state index is 8.42. The van der Waals surface area contributed by atoms with Crippen LogP contribution in [0, 0.1) is 0 Å². The van der Waals surface area contributed by atoms with Crippen LogP contribution in [0.15, 0.2) is 34.0 Å². The van der Waals surface area contributed by atoms with E-state index in [0.29, 0.717) is 11.3 Å². The average molecular weight is 191 g/mol. The van der Waals surface area contributed by atoms with Crippen LogP contribution >= 0.6 is 0 Å². The lowest BCUT2D eigenvalue weighted by Crippen LogP contribution is -1.83. The van der Waals surface area contributed by atoms with Gasteiger partial charge in [-0.2, -0.15) is 0 Å². The second-order valence-corrected chi connectivity index (χ2v) is 2.77. The summed E-state index contributed by atoms with van der Waals surface area (Å²) in [5.74, 6) is 0.667. The lowest BCUT2D eigenvalue weighted by Gasteiger charge is -1.98. The third-order valence-electron chi connectivity index (χ3n) is 2.01. The molecule has 0 saturated heterocycles. The van der Waals surface area contributed by atoms with Crippen LogP contribution < -0.4 is 4.74 Å². The minimum absolute atomic E-state index is 0.657. The Labute approximate surface area is 80.4 Å². The molecule has 1 aromatic carbocycles. The number of fused-ring (bicyclic) bond motifs is 1. The van der Waals surface area contributed by atoms with Gasteiger partial charge < -0.3 is 14.4 Å². The molecular formula is C10H9NO3. The van der Waals surface area contributed by atoms with Crippen LogP contribution in [0.2, 0.25) is 0 Å². The first-order valence-corrected chi connectivity index (χ1v) is 4.08. The van der Waals surface area contributed by atoms with E-state index in [0.717, 1.165) is 10.9 Å². The Morgan fingerprint density at radius 1 is 1.50 bits per heavy atom. The van der Waals surface area contributed by atoms with Crippen molar-refractivity contribution in [3.8, 4) is 5.75 Å². The summed E-state index contributed by atoms with van der Waals surface area (Å²) in [4.78, 5) is 0. The number of para-hydroxylation sites is 1. The van der Waals surface area contributed by atoms with Crippen molar-refractivity contribution in [2.24, 2.45) is 5.16 Å². The zero-order valence-electron chi connectivity index (χ0n) is 7.60. The maximum absolute atomic E-state index is 8.42. The van der Waals surface area contributed by atoms with E-state index in [1.54, 1.807) is 7.11 Å². The molecule has 0 bridgehead atoms. The molecule has 0 unspecified atom stereocenters. The highest BCUT2D eigenvalue weighted by Gasteiger charge is 2.08. The van der Waals surface area contributed by atoms with Gasteiger partial charge in [0.1, 0.15) is 6.26 Å². The topological polar surface area (TPSA) is 55.0 Å². The molecule has 0 saturated carbocycles. The van der Waals surface area contributed by atoms with E-state index < -0.39 is 0 Å². The lowest BCUT2D eigenvalue weighted by atomic mass is 10.2. The van der Waals surface area contributed by atoms with E-state index in [2.05, 4.69) is 5.16 Å². The summed E-state index contributed by atoms with van der Waals surface area (Å²) in [6.07, 6.45) is 2.85. The zero-order valence-corrected chi connectivity index (χ0v) is 7.60. The SMILES string of the molecule is COc1cccc2c(/C=N\O)coc12. The van der Waals surface area contributed by atoms with Crippen molar-refractivity contribution in [1.29, 1.82) is 0 Å². The monoisotopic (exact) mass is 191 g/mol. The van der Waals surface area contributed by atoms with E-state index >= 15 is 0 Å². The molecule has 0 aliphatic carbocycles. The molecule has 1 aromatic heterocycles. The highest BCUT2D eigenvalue weighted by molar-refractivity contribution is 5.99. The van der Waals surface area contributed by atoms with Gasteiger partial charge in [-0.25, -0.2) is 0 Å². The Kier molecular flexibility index (Phi) is 2.10. The third kappa shape index (κ3) is 1.21. The minimum Gasteiger partial charge on any atom is -0.493 e. The number of methoxy groups -OCH3 is 1. The number of hydrogen-bond donors (Lipinski definition) is 1. The minimum atomic E-state index is 0.657. The fourth-order valence-corrected chi connectivity index (χ4v) is 1.37. The number of nitrogens with zero attached hydrogens (tertiary/aromatic N) is 1. The quantitative estimate of drug-likeness (QED) is 0.450. The average Bonchev–Trinajstić information content (AvgIpc) is 2.62. The molecule has 2 rings (SSSR count). The summed E-state index contributed by atoms with van der Waals surface area (Å²) in [6.45, 7) is 0. The van der Waals surface area contributed by atoms with Crippen LogP contribution in [-0.2, 0) is 0 Å². The number of benzene rings is 1. The first-order chi connectivity index (χ1) is 6.86. The van der Waals surface area contributed by atoms with Gasteiger partial charge in [-0.05, 0) is 6.07 Å². The second-order valence-electron chi connectivity index (χ2n) is 2.77. The van der Waals surface area contributed by atoms with Crippen molar-refractivity contribution in [3.63, 3.8) is 0 Å². The molecule has 0 spiro atoms. The van der Waals surface area contributed by atoms with Crippen LogP contribution in [0.5, 0.6) is 5.75 Å². The standard InChI is InChI=1S/C10H9NO3/c1-13-9-4-2-3-8-7(5-11-12)6-14-10(8)9/h2-6,12H,1H3/b11-5-. The summed E-state index contributed by atoms with van der Waals surface area (Å²) < 4.78 is 10.4. The van der Waals surface area contributed by atoms with Gasteiger partial charge in [0.2, 0.25) is 0 Å². The zero-order chi connectivity index (χ0) is 9.97. The molecule has 0 amide bonds. The van der Waals surface area contributed by atoms with Crippen LogP contribution in [-0.4, -0.2) is 18.5 Å². The van der Waals surface area contributed by atoms with Gasteiger partial charge in [-0.15, -0.1) is 0 Å². The molecule has 14 heavy (non-hydrogen) atoms. The maximum Gasteiger partial charge on any atom is 0.176 e. The smallest absolute Gasteiger partial charge is 0.176 e. The largest absolute Gasteiger partial charge is 0.493 e. The van der Waals surface area contributed by atoms with Crippen molar-refractivity contribution < 1.29 is 14.4 Å². The summed E-state index contributed by atoms with van der Waals surface area (Å²) in [5, 5.41) is 12.2. The Balaban J connectivity index is 2.69. The van der Waals surface area contributed by atoms with E-state index in [9.17, 15) is 0 Å². The molecule has 1 N–H and O–H groups in total. The van der Waals surface area contributed by atoms with Crippen molar-refractivity contribution in [2.75, 3.05) is 7.11 Å². The number of rotatable bonds is 2. The summed E-state index contributed by atoms with van der Waals surface area (Å²) >= 11 is 0. The number of hydrogen-bond acceptors (Lipinski definition) is 4. The van der Waals surface area contributed by atoms with Gasteiger partial charge >= 0.3 is 0 Å². The molecule has 0 atom stereocenters. The van der Waals surface area contributed by atoms with E-state index in [1.165, 1.54) is 12.5 Å². The molecule has 4 nitrogen and oxygen atoms in total. The van der Waals surface area contributed by atoms with Crippen molar-refractivity contribution in [2.45, 2.75) is 0 Å². The molecule has 0 aliphatic heterocycles. The van der Waals surface area contributed by atoms with Gasteiger partial charge in [0, 0.05) is 10.9 Å². The molecule has 0 aliphatic rings. The van der Waals surface area contributed by atoms with Gasteiger partial charge in [-0.3, -0.25) is 0 Å². The third-order valence-corrected chi connectivity index (χ3v) is 2.01. The van der Waals surface area contributed by atoms with Gasteiger partial charge in [0.05, 0.1) is 13.3 Å². The van der Waals surface area contributed by atoms with Gasteiger partial charge in [0.15, 0.2) is 11.3 Å². The predicted octanol–water partition coefficient (Wildman–Crippen LogP) is 2.25. The fraction of sp³-hybridized carbons (Fsp3) is 0.100. The second kappa shape index (κ2) is 3.41. The molecule has 0 radical (unpaired) electrons. The van der Waals surface area contributed by atoms with Gasteiger partial charge in [-0.1, -0.05) is 17.3 Å². The first kappa shape index (κ1) is 8.62. The Hall–Kier alpha value is -1.97. The number of ether oxygens (including phenoxy) is 1. The fourth-order valence-electron chi connectivity index (χ4n) is 1.37. The van der Waals surface area contributed by atoms with E-state index in [1.807, 2.05) is 18.2 Å². The Bertz CT molecular complexity index is 473. The molecule has 1 heterocycles. The van der Waals surface area contributed by atoms with Crippen molar-refractivity contribution in [3.05, 3.63) is 30.0 Å². The Morgan fingerprint density at radius 2 is 2.36 bits per heavy atom. The van der Waals surface area contributed by atoms with Crippen LogP contribution in [0.1, 0.15) is 5.56 Å². The summed E-state index contributed by atoms with van der Waals surface area (Å²) in [6, 6.07) is 5.54. The number of furan rings is 1. The normalized spacial score (nSPS) is 11.2. The van der Waals surface area contributed by atoms with Crippen molar-refractivity contribution in [1.82, 2.24) is 0 Å². The van der Waals surface area contributed by atoms with Crippen LogP contribution in [0.25, 0.3) is 11.0 Å². The molecule has 4 heteroatoms. The molecule has 2 aromatic rings. The Morgan fingerprint density at radius 3 is 3.07 bits per heavy atom. The highest BCUT2D eigenvalue weighted by atomic mass is 16.5. The predicted molar refractivity (Wildman–Crippen MR) is 52.1 cm³/mol. The van der Waals surface area contributed by atoms with Crippen LogP contribution in [0.3, 0.4) is 0 Å². The van der Waals surface area contributed by atoms with E-state index in [-0.39, 0.29) is 0 Å². The number of oxime groups is 1. The van der Waals surface area contributed by atoms with Crippen molar-refractivity contribution >= 4 is 17.2 Å². The van der Waals surface area contributed by atoms with Crippen LogP contribution in [0.4, 0.5) is 0 Å². The van der Waals surface area contributed by atoms with E-state index in [4.69, 9.17) is 14.4 Å².